The molecule has 8 heteroatoms. The number of hydrogen-bond acceptors (Lipinski definition) is 3. The van der Waals surface area contributed by atoms with Gasteiger partial charge in [0.1, 0.15) is 11.6 Å². The van der Waals surface area contributed by atoms with Gasteiger partial charge in [0.05, 0.1) is 17.2 Å². The van der Waals surface area contributed by atoms with Gasteiger partial charge in [-0.05, 0) is 54.9 Å². The summed E-state index contributed by atoms with van der Waals surface area (Å²) < 4.78 is 54.7. The molecule has 0 spiro atoms. The third kappa shape index (κ3) is 4.57. The molecule has 2 aromatic rings. The number of nitrogens with zero attached hydrogens (tertiary/aromatic N) is 1. The Morgan fingerprint density at radius 1 is 1.06 bits per heavy atom. The minimum Gasteiger partial charge on any atom is -0.342 e. The first kappa shape index (κ1) is 22.9. The molecule has 4 rings (SSSR count). The maximum absolute atomic E-state index is 14.5. The highest BCUT2D eigenvalue weighted by Crippen LogP contribution is 2.61. The molecule has 5 nitrogen and oxygen atoms in total. The van der Waals surface area contributed by atoms with E-state index in [1.165, 1.54) is 18.2 Å². The van der Waals surface area contributed by atoms with Crippen molar-refractivity contribution in [1.82, 2.24) is 9.62 Å². The number of carbonyl (C=O) groups is 1. The van der Waals surface area contributed by atoms with E-state index in [0.29, 0.717) is 37.9 Å². The van der Waals surface area contributed by atoms with Crippen LogP contribution in [0.3, 0.4) is 0 Å². The lowest BCUT2D eigenvalue weighted by molar-refractivity contribution is -0.136. The number of benzene rings is 2. The van der Waals surface area contributed by atoms with Crippen LogP contribution in [0.4, 0.5) is 8.78 Å². The summed E-state index contributed by atoms with van der Waals surface area (Å²) in [6.45, 7) is 2.97. The Kier molecular flexibility index (Phi) is 6.11. The molecule has 2 aromatic carbocycles. The molecule has 1 amide bonds. The van der Waals surface area contributed by atoms with Crippen LogP contribution in [0.15, 0.2) is 42.5 Å². The minimum atomic E-state index is -3.29. The molecule has 1 saturated heterocycles. The van der Waals surface area contributed by atoms with Crippen molar-refractivity contribution in [1.29, 1.82) is 0 Å². The van der Waals surface area contributed by atoms with Crippen LogP contribution < -0.4 is 4.72 Å². The lowest BCUT2D eigenvalue weighted by Crippen LogP contribution is -2.39. The number of hydrogen-bond donors (Lipinski definition) is 1. The van der Waals surface area contributed by atoms with Crippen molar-refractivity contribution in [2.24, 2.45) is 5.41 Å². The largest absolute Gasteiger partial charge is 0.342 e. The van der Waals surface area contributed by atoms with Crippen LogP contribution in [-0.4, -0.2) is 44.6 Å². The predicted octanol–water partition coefficient (Wildman–Crippen LogP) is 4.06. The van der Waals surface area contributed by atoms with Crippen LogP contribution >= 0.6 is 0 Å². The van der Waals surface area contributed by atoms with Gasteiger partial charge in [0.25, 0.3) is 0 Å². The van der Waals surface area contributed by atoms with Crippen LogP contribution in [0.25, 0.3) is 11.1 Å². The Bertz CT molecular complexity index is 1120. The van der Waals surface area contributed by atoms with Crippen LogP contribution in [0.5, 0.6) is 0 Å². The Hall–Kier alpha value is -2.32. The SMILES string of the molecule is CC1(C(=O)N2CCC[C@H](NS(C)(=O)=O)CC2)CC1c1ccccc1-c1c(F)cccc1F. The molecule has 2 fully saturated rings. The zero-order valence-electron chi connectivity index (χ0n) is 18.3. The Balaban J connectivity index is 1.54. The Morgan fingerprint density at radius 3 is 2.44 bits per heavy atom. The molecule has 1 saturated carbocycles. The molecule has 1 aliphatic heterocycles. The van der Waals surface area contributed by atoms with Crippen molar-refractivity contribution in [3.63, 3.8) is 0 Å². The summed E-state index contributed by atoms with van der Waals surface area (Å²) in [6.07, 6.45) is 3.73. The van der Waals surface area contributed by atoms with E-state index >= 15 is 0 Å². The quantitative estimate of drug-likeness (QED) is 0.729. The molecular formula is C24H28F2N2O3S. The molecule has 32 heavy (non-hydrogen) atoms. The third-order valence-electron chi connectivity index (χ3n) is 6.69. The van der Waals surface area contributed by atoms with E-state index in [1.54, 1.807) is 12.1 Å². The second kappa shape index (κ2) is 8.56. The first-order valence-electron chi connectivity index (χ1n) is 10.9. The molecule has 3 atom stereocenters. The van der Waals surface area contributed by atoms with Crippen molar-refractivity contribution in [2.75, 3.05) is 19.3 Å². The van der Waals surface area contributed by atoms with Gasteiger partial charge in [-0.1, -0.05) is 37.3 Å². The van der Waals surface area contributed by atoms with E-state index in [9.17, 15) is 22.0 Å². The smallest absolute Gasteiger partial charge is 0.229 e. The third-order valence-corrected chi connectivity index (χ3v) is 7.45. The first-order valence-corrected chi connectivity index (χ1v) is 12.8. The number of halogens is 2. The normalized spacial score (nSPS) is 25.9. The standard InChI is InChI=1S/C24H28F2N2O3S/c1-24(23(29)28-13-6-7-16(12-14-28)27-32(2,30)31)15-19(24)17-8-3-4-9-18(17)22-20(25)10-5-11-21(22)26/h3-5,8-11,16,19,27H,6-7,12-15H2,1-2H3/t16-,19?,24?/m0/s1. The minimum absolute atomic E-state index is 0.0197. The van der Waals surface area contributed by atoms with Crippen molar-refractivity contribution in [2.45, 2.75) is 44.6 Å². The van der Waals surface area contributed by atoms with Gasteiger partial charge in [-0.2, -0.15) is 0 Å². The molecule has 0 bridgehead atoms. The van der Waals surface area contributed by atoms with Crippen molar-refractivity contribution in [3.05, 3.63) is 59.7 Å². The highest BCUT2D eigenvalue weighted by Gasteiger charge is 2.58. The van der Waals surface area contributed by atoms with Crippen LogP contribution in [0, 0.1) is 17.0 Å². The summed E-state index contributed by atoms with van der Waals surface area (Å²) in [4.78, 5) is 15.2. The molecule has 1 N–H and O–H groups in total. The summed E-state index contributed by atoms with van der Waals surface area (Å²) in [5.41, 5.74) is 0.563. The summed E-state index contributed by atoms with van der Waals surface area (Å²) in [5.74, 6) is -1.35. The highest BCUT2D eigenvalue weighted by atomic mass is 32.2. The molecule has 1 heterocycles. The van der Waals surface area contributed by atoms with E-state index in [4.69, 9.17) is 0 Å². The zero-order chi connectivity index (χ0) is 23.1. The highest BCUT2D eigenvalue weighted by molar-refractivity contribution is 7.88. The summed E-state index contributed by atoms with van der Waals surface area (Å²) >= 11 is 0. The Labute approximate surface area is 187 Å². The second-order valence-corrected chi connectivity index (χ2v) is 10.9. The van der Waals surface area contributed by atoms with Crippen molar-refractivity contribution < 1.29 is 22.0 Å². The second-order valence-electron chi connectivity index (χ2n) is 9.17. The van der Waals surface area contributed by atoms with Crippen molar-refractivity contribution in [3.8, 4) is 11.1 Å². The zero-order valence-corrected chi connectivity index (χ0v) is 19.1. The first-order chi connectivity index (χ1) is 15.1. The van der Waals surface area contributed by atoms with Gasteiger partial charge in [-0.15, -0.1) is 0 Å². The van der Waals surface area contributed by atoms with Gasteiger partial charge in [0.15, 0.2) is 0 Å². The van der Waals surface area contributed by atoms with Gasteiger partial charge < -0.3 is 4.90 Å². The van der Waals surface area contributed by atoms with Gasteiger partial charge in [-0.25, -0.2) is 21.9 Å². The van der Waals surface area contributed by atoms with Crippen LogP contribution in [0.2, 0.25) is 0 Å². The monoisotopic (exact) mass is 462 g/mol. The summed E-state index contributed by atoms with van der Waals surface area (Å²) in [7, 11) is -3.29. The van der Waals surface area contributed by atoms with E-state index < -0.39 is 27.1 Å². The number of sulfonamides is 1. The molecule has 2 unspecified atom stereocenters. The number of likely N-dealkylation sites (tertiary alicyclic amines) is 1. The molecule has 2 aliphatic rings. The topological polar surface area (TPSA) is 66.5 Å². The van der Waals surface area contributed by atoms with Gasteiger partial charge in [-0.3, -0.25) is 4.79 Å². The van der Waals surface area contributed by atoms with Crippen molar-refractivity contribution >= 4 is 15.9 Å². The Morgan fingerprint density at radius 2 is 1.75 bits per heavy atom. The summed E-state index contributed by atoms with van der Waals surface area (Å²) in [6, 6.07) is 10.8. The maximum Gasteiger partial charge on any atom is 0.229 e. The van der Waals surface area contributed by atoms with Gasteiger partial charge in [0.2, 0.25) is 15.9 Å². The molecule has 0 radical (unpaired) electrons. The van der Waals surface area contributed by atoms with E-state index in [0.717, 1.165) is 18.2 Å². The van der Waals surface area contributed by atoms with E-state index in [1.807, 2.05) is 24.0 Å². The molecule has 172 valence electrons. The molecule has 0 aromatic heterocycles. The lowest BCUT2D eigenvalue weighted by atomic mass is 9.92. The summed E-state index contributed by atoms with van der Waals surface area (Å²) in [5, 5.41) is 0. The average Bonchev–Trinajstić information content (AvgIpc) is 3.46. The molecule has 1 aliphatic carbocycles. The number of rotatable bonds is 5. The molecular weight excluding hydrogens is 434 g/mol. The predicted molar refractivity (Wildman–Crippen MR) is 119 cm³/mol. The fraction of sp³-hybridized carbons (Fsp3) is 0.458. The average molecular weight is 463 g/mol. The fourth-order valence-corrected chi connectivity index (χ4v) is 5.76. The van der Waals surface area contributed by atoms with E-state index in [2.05, 4.69) is 4.72 Å². The van der Waals surface area contributed by atoms with E-state index in [-0.39, 0.29) is 23.4 Å². The number of nitrogens with one attached hydrogen (secondary N) is 1. The number of carbonyl (C=O) groups excluding carboxylic acids is 1. The maximum atomic E-state index is 14.5. The van der Waals surface area contributed by atoms with Gasteiger partial charge >= 0.3 is 0 Å². The van der Waals surface area contributed by atoms with Gasteiger partial charge in [0, 0.05) is 19.1 Å². The van der Waals surface area contributed by atoms with Crippen LogP contribution in [-0.2, 0) is 14.8 Å². The van der Waals surface area contributed by atoms with Crippen LogP contribution in [0.1, 0.15) is 44.1 Å². The fourth-order valence-electron chi connectivity index (χ4n) is 4.92. The number of amides is 1. The lowest BCUT2D eigenvalue weighted by Gasteiger charge is -2.25.